The second-order valence-corrected chi connectivity index (χ2v) is 5.53. The van der Waals surface area contributed by atoms with Crippen molar-refractivity contribution in [2.75, 3.05) is 25.0 Å². The Morgan fingerprint density at radius 3 is 2.55 bits per heavy atom. The summed E-state index contributed by atoms with van der Waals surface area (Å²) >= 11 is 3.33. The fourth-order valence-corrected chi connectivity index (χ4v) is 2.38. The Morgan fingerprint density at radius 2 is 2.00 bits per heavy atom. The highest BCUT2D eigenvalue weighted by atomic mass is 79.9. The third-order valence-corrected chi connectivity index (χ3v) is 3.65. The predicted molar refractivity (Wildman–Crippen MR) is 82.2 cm³/mol. The number of rotatable bonds is 4. The standard InChI is InChI=1S/C13H15BrN2O3.ClH/c14-10-1-3-11(4-2-10)15-12(17)8-16-6-5-9(7-16)13(18)19;/h1-4,9H,5-8H2,(H,15,17)(H,18,19);1H. The highest BCUT2D eigenvalue weighted by molar-refractivity contribution is 9.10. The van der Waals surface area contributed by atoms with E-state index in [9.17, 15) is 9.59 Å². The molecule has 1 aromatic carbocycles. The summed E-state index contributed by atoms with van der Waals surface area (Å²) in [5.74, 6) is -1.25. The normalized spacial score (nSPS) is 18.4. The number of amides is 1. The van der Waals surface area contributed by atoms with Gasteiger partial charge < -0.3 is 10.4 Å². The molecule has 0 saturated carbocycles. The number of aliphatic carboxylic acids is 1. The number of carboxylic acid groups (broad SMARTS) is 1. The van der Waals surface area contributed by atoms with Crippen molar-refractivity contribution in [2.24, 2.45) is 5.92 Å². The summed E-state index contributed by atoms with van der Waals surface area (Å²) in [6.07, 6.45) is 0.612. The van der Waals surface area contributed by atoms with E-state index < -0.39 is 5.97 Å². The molecule has 0 bridgehead atoms. The lowest BCUT2D eigenvalue weighted by atomic mass is 10.1. The summed E-state index contributed by atoms with van der Waals surface area (Å²) in [6, 6.07) is 7.33. The maximum absolute atomic E-state index is 11.8. The molecule has 0 aromatic heterocycles. The van der Waals surface area contributed by atoms with Gasteiger partial charge >= 0.3 is 5.97 Å². The molecule has 2 N–H and O–H groups in total. The molecule has 1 amide bonds. The lowest BCUT2D eigenvalue weighted by Crippen LogP contribution is -2.32. The summed E-state index contributed by atoms with van der Waals surface area (Å²) < 4.78 is 0.953. The van der Waals surface area contributed by atoms with Crippen LogP contribution < -0.4 is 5.32 Å². The van der Waals surface area contributed by atoms with Crippen LogP contribution in [-0.4, -0.2) is 41.5 Å². The van der Waals surface area contributed by atoms with Gasteiger partial charge in [-0.3, -0.25) is 14.5 Å². The third-order valence-electron chi connectivity index (χ3n) is 3.12. The lowest BCUT2D eigenvalue weighted by Gasteiger charge is -2.14. The Hall–Kier alpha value is -1.11. The first-order chi connectivity index (χ1) is 9.04. The van der Waals surface area contributed by atoms with Crippen LogP contribution in [0.15, 0.2) is 28.7 Å². The number of carboxylic acids is 1. The Morgan fingerprint density at radius 1 is 1.35 bits per heavy atom. The number of hydrogen-bond donors (Lipinski definition) is 2. The zero-order valence-corrected chi connectivity index (χ0v) is 13.1. The number of nitrogens with zero attached hydrogens (tertiary/aromatic N) is 1. The van der Waals surface area contributed by atoms with Gasteiger partial charge in [0.1, 0.15) is 0 Å². The summed E-state index contributed by atoms with van der Waals surface area (Å²) in [5, 5.41) is 11.7. The summed E-state index contributed by atoms with van der Waals surface area (Å²) in [6.45, 7) is 1.34. The molecule has 1 fully saturated rings. The van der Waals surface area contributed by atoms with E-state index in [1.165, 1.54) is 0 Å². The van der Waals surface area contributed by atoms with E-state index in [0.29, 0.717) is 19.5 Å². The van der Waals surface area contributed by atoms with Gasteiger partial charge in [-0.1, -0.05) is 15.9 Å². The van der Waals surface area contributed by atoms with E-state index in [1.54, 1.807) is 0 Å². The molecule has 1 saturated heterocycles. The summed E-state index contributed by atoms with van der Waals surface area (Å²) in [7, 11) is 0. The molecule has 0 spiro atoms. The van der Waals surface area contributed by atoms with Gasteiger partial charge in [-0.2, -0.15) is 0 Å². The Labute approximate surface area is 131 Å². The van der Waals surface area contributed by atoms with Gasteiger partial charge in [-0.25, -0.2) is 0 Å². The number of halogens is 2. The SMILES string of the molecule is Cl.O=C(CN1CCC(C(=O)O)C1)Nc1ccc(Br)cc1. The molecule has 20 heavy (non-hydrogen) atoms. The fraction of sp³-hybridized carbons (Fsp3) is 0.385. The summed E-state index contributed by atoms with van der Waals surface area (Å²) in [5.41, 5.74) is 0.738. The quantitative estimate of drug-likeness (QED) is 0.860. The van der Waals surface area contributed by atoms with Crippen LogP contribution in [0.4, 0.5) is 5.69 Å². The number of hydrogen-bond acceptors (Lipinski definition) is 3. The van der Waals surface area contributed by atoms with Crippen LogP contribution in [0, 0.1) is 5.92 Å². The number of nitrogens with one attached hydrogen (secondary N) is 1. The third kappa shape index (κ3) is 4.77. The minimum absolute atomic E-state index is 0. The van der Waals surface area contributed by atoms with Crippen LogP contribution >= 0.6 is 28.3 Å². The summed E-state index contributed by atoms with van der Waals surface area (Å²) in [4.78, 5) is 24.5. The zero-order chi connectivity index (χ0) is 13.8. The van der Waals surface area contributed by atoms with E-state index in [-0.39, 0.29) is 30.8 Å². The van der Waals surface area contributed by atoms with Crippen molar-refractivity contribution in [3.63, 3.8) is 0 Å². The molecule has 1 aliphatic rings. The molecule has 0 aliphatic carbocycles. The fourth-order valence-electron chi connectivity index (χ4n) is 2.11. The van der Waals surface area contributed by atoms with Crippen molar-refractivity contribution in [2.45, 2.75) is 6.42 Å². The first-order valence-electron chi connectivity index (χ1n) is 6.05. The molecule has 1 atom stereocenters. The van der Waals surface area contributed by atoms with E-state index in [2.05, 4.69) is 21.2 Å². The largest absolute Gasteiger partial charge is 0.481 e. The van der Waals surface area contributed by atoms with Crippen LogP contribution in [0.5, 0.6) is 0 Å². The number of carbonyl (C=O) groups excluding carboxylic acids is 1. The van der Waals surface area contributed by atoms with Crippen molar-refractivity contribution in [1.29, 1.82) is 0 Å². The number of benzene rings is 1. The van der Waals surface area contributed by atoms with Crippen molar-refractivity contribution in [3.05, 3.63) is 28.7 Å². The zero-order valence-electron chi connectivity index (χ0n) is 10.7. The maximum Gasteiger partial charge on any atom is 0.307 e. The average molecular weight is 364 g/mol. The Kier molecular flexibility index (Phi) is 6.45. The van der Waals surface area contributed by atoms with Crippen LogP contribution in [-0.2, 0) is 9.59 Å². The molecule has 7 heteroatoms. The molecule has 5 nitrogen and oxygen atoms in total. The van der Waals surface area contributed by atoms with Gasteiger partial charge in [0.05, 0.1) is 12.5 Å². The first-order valence-corrected chi connectivity index (χ1v) is 6.84. The van der Waals surface area contributed by atoms with E-state index in [0.717, 1.165) is 10.2 Å². The highest BCUT2D eigenvalue weighted by Gasteiger charge is 2.28. The van der Waals surface area contributed by atoms with Gasteiger partial charge in [-0.05, 0) is 37.2 Å². The van der Waals surface area contributed by atoms with E-state index in [4.69, 9.17) is 5.11 Å². The van der Waals surface area contributed by atoms with Crippen molar-refractivity contribution >= 4 is 45.9 Å². The van der Waals surface area contributed by atoms with E-state index >= 15 is 0 Å². The maximum atomic E-state index is 11.8. The van der Waals surface area contributed by atoms with Crippen LogP contribution in [0.3, 0.4) is 0 Å². The van der Waals surface area contributed by atoms with Gasteiger partial charge in [0.2, 0.25) is 5.91 Å². The van der Waals surface area contributed by atoms with Crippen LogP contribution in [0.1, 0.15) is 6.42 Å². The van der Waals surface area contributed by atoms with Crippen molar-refractivity contribution in [3.8, 4) is 0 Å². The topological polar surface area (TPSA) is 69.6 Å². The predicted octanol–water partition coefficient (Wildman–Crippen LogP) is 2.22. The Balaban J connectivity index is 0.00000200. The van der Waals surface area contributed by atoms with Gasteiger partial charge in [0.25, 0.3) is 0 Å². The Bertz CT molecular complexity index is 481. The highest BCUT2D eigenvalue weighted by Crippen LogP contribution is 2.17. The van der Waals surface area contributed by atoms with E-state index in [1.807, 2.05) is 29.2 Å². The molecular weight excluding hydrogens is 348 g/mol. The number of carbonyl (C=O) groups is 2. The first kappa shape index (κ1) is 16.9. The number of likely N-dealkylation sites (tertiary alicyclic amines) is 1. The smallest absolute Gasteiger partial charge is 0.307 e. The molecule has 1 aliphatic heterocycles. The molecule has 1 aromatic rings. The van der Waals surface area contributed by atoms with Gasteiger partial charge in [-0.15, -0.1) is 12.4 Å². The molecule has 1 heterocycles. The number of anilines is 1. The average Bonchev–Trinajstić information content (AvgIpc) is 2.80. The van der Waals surface area contributed by atoms with Crippen molar-refractivity contribution in [1.82, 2.24) is 4.90 Å². The van der Waals surface area contributed by atoms with Crippen molar-refractivity contribution < 1.29 is 14.7 Å². The molecule has 1 unspecified atom stereocenters. The van der Waals surface area contributed by atoms with Crippen LogP contribution in [0.2, 0.25) is 0 Å². The minimum Gasteiger partial charge on any atom is -0.481 e. The minimum atomic E-state index is -0.782. The molecule has 2 rings (SSSR count). The molecule has 0 radical (unpaired) electrons. The van der Waals surface area contributed by atoms with Gasteiger partial charge in [0, 0.05) is 16.7 Å². The van der Waals surface area contributed by atoms with Gasteiger partial charge in [0.15, 0.2) is 0 Å². The molecular formula is C13H16BrClN2O3. The lowest BCUT2D eigenvalue weighted by molar-refractivity contribution is -0.141. The van der Waals surface area contributed by atoms with Crippen LogP contribution in [0.25, 0.3) is 0 Å². The second-order valence-electron chi connectivity index (χ2n) is 4.61. The second kappa shape index (κ2) is 7.61. The molecule has 110 valence electrons. The monoisotopic (exact) mass is 362 g/mol.